The second kappa shape index (κ2) is 5.06. The van der Waals surface area contributed by atoms with Crippen LogP contribution in [0.2, 0.25) is 0 Å². The Balaban J connectivity index is 1.70. The van der Waals surface area contributed by atoms with E-state index in [0.29, 0.717) is 12.3 Å². The number of para-hydroxylation sites is 2. The lowest BCUT2D eigenvalue weighted by Crippen LogP contribution is -2.62. The molecule has 2 fully saturated rings. The summed E-state index contributed by atoms with van der Waals surface area (Å²) >= 11 is 0. The first-order valence-electron chi connectivity index (χ1n) is 10.2. The van der Waals surface area contributed by atoms with E-state index in [0.717, 1.165) is 13.1 Å². The van der Waals surface area contributed by atoms with Crippen LogP contribution >= 0.6 is 0 Å². The summed E-state index contributed by atoms with van der Waals surface area (Å²) in [6, 6.07) is 18.3. The number of likely N-dealkylation sites (N-methyl/N-ethyl adjacent to an activating group) is 3. The van der Waals surface area contributed by atoms with E-state index in [9.17, 15) is 0 Å². The third kappa shape index (κ3) is 1.56. The van der Waals surface area contributed by atoms with Gasteiger partial charge in [-0.3, -0.25) is 10.2 Å². The van der Waals surface area contributed by atoms with Gasteiger partial charge in [0, 0.05) is 42.8 Å². The van der Waals surface area contributed by atoms with Crippen molar-refractivity contribution in [3.05, 3.63) is 59.7 Å². The molecule has 0 aliphatic carbocycles. The van der Waals surface area contributed by atoms with Gasteiger partial charge in [-0.25, -0.2) is 0 Å². The van der Waals surface area contributed by atoms with E-state index in [1.54, 1.807) is 11.1 Å². The highest BCUT2D eigenvalue weighted by molar-refractivity contribution is 5.73. The molecule has 4 aliphatic rings. The highest BCUT2D eigenvalue weighted by Crippen LogP contribution is 2.66. The molecule has 2 saturated heterocycles. The predicted octanol–water partition coefficient (Wildman–Crippen LogP) is 2.74. The van der Waals surface area contributed by atoms with Crippen LogP contribution in [-0.2, 0) is 10.8 Å². The normalized spacial score (nSPS) is 36.7. The zero-order valence-corrected chi connectivity index (χ0v) is 16.4. The third-order valence-corrected chi connectivity index (χ3v) is 8.12. The van der Waals surface area contributed by atoms with Gasteiger partial charge in [-0.15, -0.1) is 0 Å². The highest BCUT2D eigenvalue weighted by atomic mass is 15.4. The molecule has 0 bridgehead atoms. The molecule has 4 aliphatic heterocycles. The second-order valence-electron chi connectivity index (χ2n) is 8.91. The number of hydrogen-bond donors (Lipinski definition) is 1. The van der Waals surface area contributed by atoms with Crippen LogP contribution in [0.3, 0.4) is 0 Å². The average molecular weight is 361 g/mol. The maximum absolute atomic E-state index is 3.89. The van der Waals surface area contributed by atoms with Crippen molar-refractivity contribution in [3.63, 3.8) is 0 Å². The molecule has 140 valence electrons. The van der Waals surface area contributed by atoms with Crippen LogP contribution in [0.15, 0.2) is 48.5 Å². The summed E-state index contributed by atoms with van der Waals surface area (Å²) in [6.07, 6.45) is 3.20. The lowest BCUT2D eigenvalue weighted by molar-refractivity contribution is 0.151. The first-order valence-corrected chi connectivity index (χ1v) is 10.2. The molecule has 4 heterocycles. The van der Waals surface area contributed by atoms with Crippen LogP contribution in [-0.4, -0.2) is 51.5 Å². The molecule has 0 saturated carbocycles. The Labute approximate surface area is 161 Å². The van der Waals surface area contributed by atoms with Crippen LogP contribution < -0.4 is 15.1 Å². The standard InChI is InChI=1S/C23H28N4/c1-25-15-13-23(17-9-5-7-11-19(17)27(3)21(23)25)22-12-14-24-20(22)26(2)18-10-6-4-8-16(18)22/h4-11,20-21,24H,12-15H2,1-3H3/t20-,21-,22?,23-/m1/s1. The molecule has 4 nitrogen and oxygen atoms in total. The summed E-state index contributed by atoms with van der Waals surface area (Å²) in [6.45, 7) is 2.25. The van der Waals surface area contributed by atoms with Crippen LogP contribution in [0.4, 0.5) is 11.4 Å². The molecule has 1 N–H and O–H groups in total. The monoisotopic (exact) mass is 360 g/mol. The van der Waals surface area contributed by atoms with Gasteiger partial charge in [-0.2, -0.15) is 0 Å². The molecule has 2 aromatic rings. The summed E-state index contributed by atoms with van der Waals surface area (Å²) in [4.78, 5) is 7.64. The number of nitrogens with zero attached hydrogens (tertiary/aromatic N) is 3. The Morgan fingerprint density at radius 1 is 0.815 bits per heavy atom. The Hall–Kier alpha value is -2.04. The van der Waals surface area contributed by atoms with E-state index in [1.165, 1.54) is 24.2 Å². The minimum atomic E-state index is 0.106. The van der Waals surface area contributed by atoms with E-state index < -0.39 is 0 Å². The van der Waals surface area contributed by atoms with Gasteiger partial charge in [0.1, 0.15) is 0 Å². The zero-order valence-electron chi connectivity index (χ0n) is 16.4. The zero-order chi connectivity index (χ0) is 18.4. The number of likely N-dealkylation sites (tertiary alicyclic amines) is 1. The van der Waals surface area contributed by atoms with E-state index in [1.807, 2.05) is 0 Å². The fourth-order valence-corrected chi connectivity index (χ4v) is 7.34. The fourth-order valence-electron chi connectivity index (χ4n) is 7.34. The SMILES string of the molecule is CN1CC[C@@]2(C34CCN[C@@H]3N(C)c3ccccc34)c3ccccc3N(C)[C@@H]12. The summed E-state index contributed by atoms with van der Waals surface area (Å²) in [5.41, 5.74) is 6.15. The van der Waals surface area contributed by atoms with E-state index in [4.69, 9.17) is 0 Å². The van der Waals surface area contributed by atoms with Crippen molar-refractivity contribution in [2.45, 2.75) is 36.0 Å². The summed E-state index contributed by atoms with van der Waals surface area (Å²) in [5, 5.41) is 3.89. The first kappa shape index (κ1) is 16.0. The van der Waals surface area contributed by atoms with E-state index in [2.05, 4.69) is 89.7 Å². The molecule has 4 atom stereocenters. The molecule has 0 amide bonds. The number of hydrogen-bond acceptors (Lipinski definition) is 4. The largest absolute Gasteiger partial charge is 0.358 e. The molecule has 0 spiro atoms. The van der Waals surface area contributed by atoms with E-state index >= 15 is 0 Å². The molecule has 27 heavy (non-hydrogen) atoms. The minimum Gasteiger partial charge on any atom is -0.358 e. The predicted molar refractivity (Wildman–Crippen MR) is 110 cm³/mol. The van der Waals surface area contributed by atoms with Crippen molar-refractivity contribution in [2.24, 2.45) is 0 Å². The van der Waals surface area contributed by atoms with Gasteiger partial charge in [0.25, 0.3) is 0 Å². The van der Waals surface area contributed by atoms with E-state index in [-0.39, 0.29) is 10.8 Å². The smallest absolute Gasteiger partial charge is 0.0924 e. The van der Waals surface area contributed by atoms with Crippen molar-refractivity contribution in [3.8, 4) is 0 Å². The van der Waals surface area contributed by atoms with Crippen LogP contribution in [0.5, 0.6) is 0 Å². The van der Waals surface area contributed by atoms with Gasteiger partial charge in [-0.05, 0) is 49.7 Å². The Morgan fingerprint density at radius 2 is 1.44 bits per heavy atom. The maximum Gasteiger partial charge on any atom is 0.0924 e. The molecule has 6 rings (SSSR count). The quantitative estimate of drug-likeness (QED) is 0.844. The minimum absolute atomic E-state index is 0.106. The number of anilines is 2. The fraction of sp³-hybridized carbons (Fsp3) is 0.478. The maximum atomic E-state index is 3.89. The molecular weight excluding hydrogens is 332 g/mol. The van der Waals surface area contributed by atoms with Gasteiger partial charge < -0.3 is 9.80 Å². The summed E-state index contributed by atoms with van der Waals surface area (Å²) < 4.78 is 0. The van der Waals surface area contributed by atoms with Crippen molar-refractivity contribution in [1.82, 2.24) is 10.2 Å². The third-order valence-electron chi connectivity index (χ3n) is 8.12. The van der Waals surface area contributed by atoms with Crippen LogP contribution in [0, 0.1) is 0 Å². The molecule has 0 radical (unpaired) electrons. The topological polar surface area (TPSA) is 21.8 Å². The van der Waals surface area contributed by atoms with Crippen molar-refractivity contribution < 1.29 is 0 Å². The number of rotatable bonds is 1. The number of benzene rings is 2. The molecule has 1 unspecified atom stereocenters. The van der Waals surface area contributed by atoms with Gasteiger partial charge in [-0.1, -0.05) is 36.4 Å². The first-order chi connectivity index (χ1) is 13.1. The van der Waals surface area contributed by atoms with Gasteiger partial charge in [0.05, 0.1) is 12.3 Å². The highest BCUT2D eigenvalue weighted by Gasteiger charge is 2.72. The molecule has 0 aromatic heterocycles. The Bertz CT molecular complexity index is 926. The Morgan fingerprint density at radius 3 is 2.19 bits per heavy atom. The Kier molecular flexibility index (Phi) is 2.99. The number of fused-ring (bicyclic) bond motifs is 7. The van der Waals surface area contributed by atoms with Gasteiger partial charge in [0.15, 0.2) is 0 Å². The summed E-state index contributed by atoms with van der Waals surface area (Å²) in [5.74, 6) is 0. The molecular formula is C23H28N4. The lowest BCUT2D eigenvalue weighted by Gasteiger charge is -2.49. The van der Waals surface area contributed by atoms with Crippen molar-refractivity contribution >= 4 is 11.4 Å². The van der Waals surface area contributed by atoms with Crippen molar-refractivity contribution in [2.75, 3.05) is 44.0 Å². The summed E-state index contributed by atoms with van der Waals surface area (Å²) in [7, 11) is 6.89. The molecule has 4 heteroatoms. The molecule has 2 aromatic carbocycles. The van der Waals surface area contributed by atoms with Crippen LogP contribution in [0.25, 0.3) is 0 Å². The number of nitrogens with one attached hydrogen (secondary N) is 1. The van der Waals surface area contributed by atoms with Crippen LogP contribution in [0.1, 0.15) is 24.0 Å². The second-order valence-corrected chi connectivity index (χ2v) is 8.91. The lowest BCUT2D eigenvalue weighted by atomic mass is 9.55. The van der Waals surface area contributed by atoms with Gasteiger partial charge >= 0.3 is 0 Å². The van der Waals surface area contributed by atoms with Crippen molar-refractivity contribution in [1.29, 1.82) is 0 Å². The van der Waals surface area contributed by atoms with Gasteiger partial charge in [0.2, 0.25) is 0 Å². The average Bonchev–Trinajstić information content (AvgIpc) is 3.40.